The van der Waals surface area contributed by atoms with E-state index in [0.717, 1.165) is 6.07 Å². The smallest absolute Gasteiger partial charge is 0.261 e. The number of amides is 2. The molecule has 2 aromatic rings. The fourth-order valence-electron chi connectivity index (χ4n) is 1.98. The Morgan fingerprint density at radius 3 is 2.52 bits per heavy atom. The van der Waals surface area contributed by atoms with E-state index in [1.807, 2.05) is 0 Å². The second kappa shape index (κ2) is 7.82. The summed E-state index contributed by atoms with van der Waals surface area (Å²) in [5.41, 5.74) is 0.457. The van der Waals surface area contributed by atoms with E-state index < -0.39 is 17.7 Å². The van der Waals surface area contributed by atoms with Crippen molar-refractivity contribution in [2.24, 2.45) is 0 Å². The van der Waals surface area contributed by atoms with Crippen LogP contribution < -0.4 is 10.6 Å². The quantitative estimate of drug-likeness (QED) is 0.850. The second-order valence-electron chi connectivity index (χ2n) is 4.99. The molecule has 0 spiro atoms. The van der Waals surface area contributed by atoms with Gasteiger partial charge in [0.25, 0.3) is 5.91 Å². The van der Waals surface area contributed by atoms with Crippen molar-refractivity contribution in [3.05, 3.63) is 57.8 Å². The van der Waals surface area contributed by atoms with Crippen LogP contribution in [0.15, 0.2) is 35.7 Å². The van der Waals surface area contributed by atoms with Crippen molar-refractivity contribution in [2.45, 2.75) is 19.4 Å². The minimum atomic E-state index is -0.700. The van der Waals surface area contributed by atoms with E-state index in [1.54, 1.807) is 24.4 Å². The lowest BCUT2D eigenvalue weighted by Crippen LogP contribution is -2.45. The van der Waals surface area contributed by atoms with Crippen LogP contribution in [0.25, 0.3) is 0 Å². The summed E-state index contributed by atoms with van der Waals surface area (Å²) < 4.78 is 26.1. The van der Waals surface area contributed by atoms with Gasteiger partial charge in [0.1, 0.15) is 17.7 Å². The highest BCUT2D eigenvalue weighted by atomic mass is 32.1. The highest BCUT2D eigenvalue weighted by Gasteiger charge is 2.16. The third-order valence-electron chi connectivity index (χ3n) is 3.12. The molecule has 0 radical (unpaired) electrons. The number of hydrogen-bond donors (Lipinski definition) is 2. The molecule has 0 aliphatic rings. The van der Waals surface area contributed by atoms with E-state index >= 15 is 0 Å². The lowest BCUT2D eigenvalue weighted by molar-refractivity contribution is -0.122. The summed E-state index contributed by atoms with van der Waals surface area (Å²) in [4.78, 5) is 24.3. The van der Waals surface area contributed by atoms with E-state index in [4.69, 9.17) is 0 Å². The van der Waals surface area contributed by atoms with Gasteiger partial charge in [0.05, 0.1) is 4.88 Å². The Morgan fingerprint density at radius 2 is 1.91 bits per heavy atom. The monoisotopic (exact) mass is 338 g/mol. The lowest BCUT2D eigenvalue weighted by atomic mass is 10.1. The fourth-order valence-corrected chi connectivity index (χ4v) is 2.61. The molecular formula is C16H16F2N2O2S. The third-order valence-corrected chi connectivity index (χ3v) is 3.99. The van der Waals surface area contributed by atoms with Crippen LogP contribution in [-0.4, -0.2) is 24.4 Å². The van der Waals surface area contributed by atoms with E-state index in [9.17, 15) is 18.4 Å². The van der Waals surface area contributed by atoms with Crippen LogP contribution >= 0.6 is 11.3 Å². The van der Waals surface area contributed by atoms with Crippen molar-refractivity contribution in [1.82, 2.24) is 10.6 Å². The molecule has 0 saturated heterocycles. The van der Waals surface area contributed by atoms with Crippen molar-refractivity contribution in [3.63, 3.8) is 0 Å². The summed E-state index contributed by atoms with van der Waals surface area (Å²) in [6.07, 6.45) is 0.298. The number of halogens is 2. The Balaban J connectivity index is 1.78. The van der Waals surface area contributed by atoms with Crippen molar-refractivity contribution in [2.75, 3.05) is 6.54 Å². The van der Waals surface area contributed by atoms with Crippen molar-refractivity contribution in [1.29, 1.82) is 0 Å². The number of benzene rings is 1. The van der Waals surface area contributed by atoms with Crippen LogP contribution in [0.5, 0.6) is 0 Å². The number of thiophene rings is 1. The summed E-state index contributed by atoms with van der Waals surface area (Å²) in [5, 5.41) is 6.99. The molecular weight excluding hydrogens is 322 g/mol. The summed E-state index contributed by atoms with van der Waals surface area (Å²) in [7, 11) is 0. The third kappa shape index (κ3) is 5.14. The van der Waals surface area contributed by atoms with Crippen LogP contribution in [0.1, 0.15) is 22.2 Å². The van der Waals surface area contributed by atoms with Crippen LogP contribution in [-0.2, 0) is 11.2 Å². The van der Waals surface area contributed by atoms with E-state index in [-0.39, 0.29) is 18.4 Å². The molecule has 0 saturated carbocycles. The van der Waals surface area contributed by atoms with Crippen LogP contribution in [0, 0.1) is 11.6 Å². The highest BCUT2D eigenvalue weighted by Crippen LogP contribution is 2.09. The first-order valence-electron chi connectivity index (χ1n) is 7.03. The molecule has 2 rings (SSSR count). The van der Waals surface area contributed by atoms with E-state index in [1.165, 1.54) is 23.5 Å². The summed E-state index contributed by atoms with van der Waals surface area (Å²) in [6.45, 7) is 1.80. The van der Waals surface area contributed by atoms with E-state index in [0.29, 0.717) is 16.9 Å². The molecule has 1 heterocycles. The van der Waals surface area contributed by atoms with Crippen molar-refractivity contribution >= 4 is 23.2 Å². The molecule has 7 heteroatoms. The van der Waals surface area contributed by atoms with Gasteiger partial charge in [-0.25, -0.2) is 8.78 Å². The van der Waals surface area contributed by atoms with Gasteiger partial charge in [-0.2, -0.15) is 0 Å². The maximum atomic E-state index is 13.0. The predicted octanol–water partition coefficient (Wildman–Crippen LogP) is 2.50. The SMILES string of the molecule is C[C@@H](NC(=O)c1cccs1)C(=O)NCCc1cc(F)cc(F)c1. The van der Waals surface area contributed by atoms with Gasteiger partial charge in [0.2, 0.25) is 5.91 Å². The molecule has 0 unspecified atom stereocenters. The van der Waals surface area contributed by atoms with E-state index in [2.05, 4.69) is 10.6 Å². The molecule has 1 aromatic heterocycles. The molecule has 0 fully saturated rings. The minimum Gasteiger partial charge on any atom is -0.354 e. The lowest BCUT2D eigenvalue weighted by Gasteiger charge is -2.13. The van der Waals surface area contributed by atoms with Gasteiger partial charge in [0, 0.05) is 12.6 Å². The molecule has 2 amide bonds. The van der Waals surface area contributed by atoms with Crippen LogP contribution in [0.4, 0.5) is 8.78 Å². The molecule has 122 valence electrons. The Kier molecular flexibility index (Phi) is 5.81. The van der Waals surface area contributed by atoms with Gasteiger partial charge in [-0.15, -0.1) is 11.3 Å². The average Bonchev–Trinajstić information content (AvgIpc) is 3.00. The maximum Gasteiger partial charge on any atom is 0.261 e. The van der Waals surface area contributed by atoms with Gasteiger partial charge >= 0.3 is 0 Å². The minimum absolute atomic E-state index is 0.223. The first-order chi connectivity index (χ1) is 11.0. The second-order valence-corrected chi connectivity index (χ2v) is 5.94. The van der Waals surface area contributed by atoms with Gasteiger partial charge < -0.3 is 10.6 Å². The van der Waals surface area contributed by atoms with Gasteiger partial charge in [-0.1, -0.05) is 6.07 Å². The van der Waals surface area contributed by atoms with Gasteiger partial charge in [-0.05, 0) is 42.5 Å². The average molecular weight is 338 g/mol. The zero-order valence-corrected chi connectivity index (χ0v) is 13.3. The molecule has 4 nitrogen and oxygen atoms in total. The summed E-state index contributed by atoms with van der Waals surface area (Å²) >= 11 is 1.29. The molecule has 1 aromatic carbocycles. The molecule has 0 aliphatic carbocycles. The maximum absolute atomic E-state index is 13.0. The molecule has 23 heavy (non-hydrogen) atoms. The molecule has 1 atom stereocenters. The van der Waals surface area contributed by atoms with Crippen LogP contribution in [0.2, 0.25) is 0 Å². The molecule has 0 bridgehead atoms. The number of rotatable bonds is 6. The fraction of sp³-hybridized carbons (Fsp3) is 0.250. The van der Waals surface area contributed by atoms with Gasteiger partial charge in [0.15, 0.2) is 0 Å². The molecule has 0 aliphatic heterocycles. The standard InChI is InChI=1S/C16H16F2N2O2S/c1-10(20-16(22)14-3-2-6-23-14)15(21)19-5-4-11-7-12(17)9-13(18)8-11/h2-3,6-10H,4-5H2,1H3,(H,19,21)(H,20,22)/t10-/m1/s1. The zero-order valence-electron chi connectivity index (χ0n) is 12.4. The Hall–Kier alpha value is -2.28. The Bertz CT molecular complexity index is 669. The first kappa shape index (κ1) is 17.1. The van der Waals surface area contributed by atoms with Crippen molar-refractivity contribution in [3.8, 4) is 0 Å². The number of carbonyl (C=O) groups excluding carboxylic acids is 2. The predicted molar refractivity (Wildman–Crippen MR) is 84.3 cm³/mol. The topological polar surface area (TPSA) is 58.2 Å². The summed E-state index contributed by atoms with van der Waals surface area (Å²) in [6, 6.07) is 5.96. The number of carbonyl (C=O) groups is 2. The summed E-state index contributed by atoms with van der Waals surface area (Å²) in [5.74, 6) is -1.97. The number of nitrogens with one attached hydrogen (secondary N) is 2. The van der Waals surface area contributed by atoms with Crippen molar-refractivity contribution < 1.29 is 18.4 Å². The normalized spacial score (nSPS) is 11.8. The highest BCUT2D eigenvalue weighted by molar-refractivity contribution is 7.12. The largest absolute Gasteiger partial charge is 0.354 e. The first-order valence-corrected chi connectivity index (χ1v) is 7.90. The Morgan fingerprint density at radius 1 is 1.22 bits per heavy atom. The van der Waals surface area contributed by atoms with Crippen LogP contribution in [0.3, 0.4) is 0 Å². The van der Waals surface area contributed by atoms with Gasteiger partial charge in [-0.3, -0.25) is 9.59 Å². The zero-order chi connectivity index (χ0) is 16.8. The number of hydrogen-bond acceptors (Lipinski definition) is 3. The Labute approximate surface area is 136 Å². The molecule has 2 N–H and O–H groups in total.